The topological polar surface area (TPSA) is 101 Å². The first kappa shape index (κ1) is 22.0. The summed E-state index contributed by atoms with van der Waals surface area (Å²) in [6.45, 7) is 10.0. The van der Waals surface area contributed by atoms with E-state index in [4.69, 9.17) is 0 Å². The Kier molecular flexibility index (Phi) is 8.90. The van der Waals surface area contributed by atoms with Crippen LogP contribution in [0.3, 0.4) is 0 Å². The van der Waals surface area contributed by atoms with E-state index in [9.17, 15) is 24.3 Å². The molecule has 0 aromatic rings. The molecule has 0 aromatic carbocycles. The lowest BCUT2D eigenvalue weighted by molar-refractivity contribution is -0.141. The van der Waals surface area contributed by atoms with Crippen molar-refractivity contribution < 1.29 is 24.3 Å². The highest BCUT2D eigenvalue weighted by Crippen LogP contribution is 2.28. The van der Waals surface area contributed by atoms with Crippen molar-refractivity contribution in [1.29, 1.82) is 0 Å². The van der Waals surface area contributed by atoms with E-state index >= 15 is 0 Å². The lowest BCUT2D eigenvalue weighted by Crippen LogP contribution is -2.50. The van der Waals surface area contributed by atoms with Gasteiger partial charge in [-0.15, -0.1) is 0 Å². The van der Waals surface area contributed by atoms with Crippen LogP contribution in [0.5, 0.6) is 0 Å². The minimum absolute atomic E-state index is 0.0447. The number of carboxylic acid groups (broad SMARTS) is 1. The second-order valence-electron chi connectivity index (χ2n) is 6.24. The van der Waals surface area contributed by atoms with Crippen LogP contribution in [0.15, 0.2) is 0 Å². The monoisotopic (exact) mass is 363 g/mol. The zero-order valence-electron chi connectivity index (χ0n) is 14.3. The van der Waals surface area contributed by atoms with Crippen molar-refractivity contribution in [3.8, 4) is 0 Å². The van der Waals surface area contributed by atoms with Gasteiger partial charge in [0.05, 0.1) is 4.75 Å². The molecule has 1 amide bonds. The zero-order chi connectivity index (χ0) is 18.4. The fourth-order valence-corrected chi connectivity index (χ4v) is 3.04. The molecule has 0 aliphatic heterocycles. The summed E-state index contributed by atoms with van der Waals surface area (Å²) in [4.78, 5) is 46.9. The molecule has 0 unspecified atom stereocenters. The van der Waals surface area contributed by atoms with Gasteiger partial charge in [0, 0.05) is 17.6 Å². The Morgan fingerprint density at radius 1 is 1.00 bits per heavy atom. The van der Waals surface area contributed by atoms with Gasteiger partial charge in [-0.1, -0.05) is 51.2 Å². The number of aliphatic carboxylic acids is 1. The van der Waals surface area contributed by atoms with Crippen LogP contribution in [0.1, 0.15) is 41.5 Å². The number of amides is 1. The van der Waals surface area contributed by atoms with Crippen LogP contribution in [0.4, 0.5) is 0 Å². The standard InChI is InChI=1S/C15H25NO5S2/c1-8(2)12(19)22-7-10(11(17)18)16-14(21)15(5,6)23-13(20)9(3)4/h8-10H,7H2,1-6H3,(H,16,21)(H,17,18)/t10-/m0/s1. The predicted octanol–water partition coefficient (Wildman–Crippen LogP) is 2.17. The predicted molar refractivity (Wildman–Crippen MR) is 93.4 cm³/mol. The highest BCUT2D eigenvalue weighted by molar-refractivity contribution is 8.15. The van der Waals surface area contributed by atoms with Gasteiger partial charge in [-0.25, -0.2) is 4.79 Å². The van der Waals surface area contributed by atoms with Crippen LogP contribution in [-0.2, 0) is 19.2 Å². The summed E-state index contributed by atoms with van der Waals surface area (Å²) in [5, 5.41) is 11.3. The van der Waals surface area contributed by atoms with Gasteiger partial charge in [0.15, 0.2) is 10.2 Å². The first-order valence-corrected chi connectivity index (χ1v) is 9.12. The molecule has 0 bridgehead atoms. The van der Waals surface area contributed by atoms with Crippen LogP contribution in [0.25, 0.3) is 0 Å². The number of carbonyl (C=O) groups is 4. The molecule has 0 fully saturated rings. The molecule has 0 aliphatic rings. The van der Waals surface area contributed by atoms with Crippen LogP contribution in [0.2, 0.25) is 0 Å². The van der Waals surface area contributed by atoms with Crippen molar-refractivity contribution in [3.05, 3.63) is 0 Å². The fraction of sp³-hybridized carbons (Fsp3) is 0.733. The summed E-state index contributed by atoms with van der Waals surface area (Å²) in [6.07, 6.45) is 0. The van der Waals surface area contributed by atoms with Crippen LogP contribution < -0.4 is 5.32 Å². The SMILES string of the molecule is CC(C)C(=O)SC[C@H](NC(=O)C(C)(C)SC(=O)C(C)C)C(=O)O. The number of hydrogen-bond donors (Lipinski definition) is 2. The van der Waals surface area contributed by atoms with E-state index in [1.165, 1.54) is 0 Å². The smallest absolute Gasteiger partial charge is 0.327 e. The third-order valence-electron chi connectivity index (χ3n) is 2.84. The van der Waals surface area contributed by atoms with E-state index in [0.717, 1.165) is 23.5 Å². The zero-order valence-corrected chi connectivity index (χ0v) is 16.0. The van der Waals surface area contributed by atoms with Gasteiger partial charge in [0.2, 0.25) is 5.91 Å². The molecular weight excluding hydrogens is 338 g/mol. The van der Waals surface area contributed by atoms with Gasteiger partial charge in [-0.05, 0) is 13.8 Å². The third-order valence-corrected chi connectivity index (χ3v) is 5.47. The molecule has 8 heteroatoms. The van der Waals surface area contributed by atoms with E-state index in [-0.39, 0.29) is 27.8 Å². The van der Waals surface area contributed by atoms with E-state index in [1.807, 2.05) is 0 Å². The van der Waals surface area contributed by atoms with E-state index < -0.39 is 22.7 Å². The molecule has 0 saturated carbocycles. The molecule has 1 atom stereocenters. The summed E-state index contributed by atoms with van der Waals surface area (Å²) in [5.41, 5.74) is 0. The van der Waals surface area contributed by atoms with Gasteiger partial charge >= 0.3 is 5.97 Å². The summed E-state index contributed by atoms with van der Waals surface area (Å²) in [5.74, 6) is -2.22. The van der Waals surface area contributed by atoms with Gasteiger partial charge in [-0.2, -0.15) is 0 Å². The Morgan fingerprint density at radius 2 is 1.48 bits per heavy atom. The van der Waals surface area contributed by atoms with Crippen LogP contribution >= 0.6 is 23.5 Å². The molecule has 0 heterocycles. The van der Waals surface area contributed by atoms with Crippen molar-refractivity contribution in [1.82, 2.24) is 5.32 Å². The molecule has 0 aliphatic carbocycles. The second-order valence-corrected chi connectivity index (χ2v) is 8.89. The lowest BCUT2D eigenvalue weighted by Gasteiger charge is -2.25. The number of carboxylic acids is 1. The van der Waals surface area contributed by atoms with Gasteiger partial charge < -0.3 is 10.4 Å². The van der Waals surface area contributed by atoms with Crippen LogP contribution in [-0.4, -0.2) is 43.8 Å². The molecular formula is C15H25NO5S2. The average molecular weight is 364 g/mol. The maximum Gasteiger partial charge on any atom is 0.327 e. The molecule has 0 radical (unpaired) electrons. The number of carbonyl (C=O) groups excluding carboxylic acids is 3. The first-order chi connectivity index (χ1) is 10.4. The highest BCUT2D eigenvalue weighted by Gasteiger charge is 2.35. The number of hydrogen-bond acceptors (Lipinski definition) is 6. The van der Waals surface area contributed by atoms with Crippen molar-refractivity contribution in [2.24, 2.45) is 11.8 Å². The maximum atomic E-state index is 12.3. The van der Waals surface area contributed by atoms with Crippen molar-refractivity contribution in [2.45, 2.75) is 52.3 Å². The van der Waals surface area contributed by atoms with Crippen molar-refractivity contribution in [3.63, 3.8) is 0 Å². The molecule has 132 valence electrons. The van der Waals surface area contributed by atoms with Gasteiger partial charge in [0.1, 0.15) is 6.04 Å². The Hall–Kier alpha value is -1.02. The van der Waals surface area contributed by atoms with E-state index in [1.54, 1.807) is 41.5 Å². The van der Waals surface area contributed by atoms with Gasteiger partial charge in [-0.3, -0.25) is 14.4 Å². The molecule has 0 rings (SSSR count). The number of thioether (sulfide) groups is 2. The van der Waals surface area contributed by atoms with E-state index in [2.05, 4.69) is 5.32 Å². The Morgan fingerprint density at radius 3 is 1.87 bits per heavy atom. The minimum atomic E-state index is -1.21. The minimum Gasteiger partial charge on any atom is -0.480 e. The molecule has 0 spiro atoms. The second kappa shape index (κ2) is 9.32. The fourth-order valence-electron chi connectivity index (χ4n) is 1.25. The molecule has 23 heavy (non-hydrogen) atoms. The maximum absolute atomic E-state index is 12.3. The normalized spacial score (nSPS) is 13.0. The quantitative estimate of drug-likeness (QED) is 0.681. The van der Waals surface area contributed by atoms with Crippen molar-refractivity contribution >= 4 is 45.6 Å². The van der Waals surface area contributed by atoms with Crippen molar-refractivity contribution in [2.75, 3.05) is 5.75 Å². The summed E-state index contributed by atoms with van der Waals surface area (Å²) in [6, 6.07) is -1.18. The molecule has 6 nitrogen and oxygen atoms in total. The summed E-state index contributed by atoms with van der Waals surface area (Å²) < 4.78 is -1.08. The molecule has 0 saturated heterocycles. The Labute approximate surface area is 145 Å². The number of rotatable bonds is 8. The lowest BCUT2D eigenvalue weighted by atomic mass is 10.2. The summed E-state index contributed by atoms with van der Waals surface area (Å²) in [7, 11) is 0. The Balaban J connectivity index is 4.81. The number of nitrogens with one attached hydrogen (secondary N) is 1. The Bertz CT molecular complexity index is 474. The van der Waals surface area contributed by atoms with Crippen LogP contribution in [0, 0.1) is 11.8 Å². The molecule has 0 aromatic heterocycles. The van der Waals surface area contributed by atoms with Gasteiger partial charge in [0.25, 0.3) is 0 Å². The summed E-state index contributed by atoms with van der Waals surface area (Å²) >= 11 is 1.77. The highest BCUT2D eigenvalue weighted by atomic mass is 32.2. The third kappa shape index (κ3) is 7.87. The largest absolute Gasteiger partial charge is 0.480 e. The first-order valence-electron chi connectivity index (χ1n) is 7.31. The molecule has 2 N–H and O–H groups in total. The van der Waals surface area contributed by atoms with E-state index in [0.29, 0.717) is 0 Å². The average Bonchev–Trinajstić information content (AvgIpc) is 2.41.